The highest BCUT2D eigenvalue weighted by Gasteiger charge is 2.46. The van der Waals surface area contributed by atoms with E-state index in [1.807, 2.05) is 6.07 Å². The molecule has 0 fully saturated rings. The van der Waals surface area contributed by atoms with Crippen molar-refractivity contribution in [2.75, 3.05) is 0 Å². The van der Waals surface area contributed by atoms with Crippen molar-refractivity contribution in [1.82, 2.24) is 19.9 Å². The molecule has 8 bridgehead atoms. The Balaban J connectivity index is 1.54. The second-order valence-corrected chi connectivity index (χ2v) is 28.5. The zero-order chi connectivity index (χ0) is 37.7. The van der Waals surface area contributed by atoms with E-state index in [0.717, 1.165) is 83.4 Å². The highest BCUT2D eigenvalue weighted by molar-refractivity contribution is 6.98. The number of rotatable bonds is 8. The molecule has 0 saturated carbocycles. The van der Waals surface area contributed by atoms with E-state index >= 15 is 0 Å². The molecule has 54 heavy (non-hydrogen) atoms. The molecule has 5 heterocycles. The van der Waals surface area contributed by atoms with Crippen molar-refractivity contribution in [2.24, 2.45) is 0 Å². The molecule has 2 aliphatic heterocycles. The Labute approximate surface area is 320 Å². The highest BCUT2D eigenvalue weighted by Crippen LogP contribution is 2.41. The van der Waals surface area contributed by atoms with E-state index < -0.39 is 25.2 Å². The molecule has 0 unspecified atom stereocenters. The fraction of sp³-hybridized carbons (Fsp3) is 0.156. The second-order valence-electron chi connectivity index (χ2n) is 16.0. The molecule has 0 saturated heterocycles. The quantitative estimate of drug-likeness (QED) is 0.151. The van der Waals surface area contributed by atoms with E-state index in [2.05, 4.69) is 189 Å². The molecule has 3 aromatic heterocycles. The summed E-state index contributed by atoms with van der Waals surface area (Å²) >= 11 is 0. The van der Waals surface area contributed by atoms with Crippen molar-refractivity contribution in [3.63, 3.8) is 0 Å². The minimum Gasteiger partial charge on any atom is -0.433 e. The number of nitrogens with one attached hydrogen (secondary N) is 2. The number of aromatic amines is 2. The summed E-state index contributed by atoms with van der Waals surface area (Å²) in [6.45, 7) is 15.7. The largest absolute Gasteiger partial charge is 0.433 e. The van der Waals surface area contributed by atoms with E-state index in [0.29, 0.717) is 0 Å². The van der Waals surface area contributed by atoms with Crippen LogP contribution in [0.3, 0.4) is 0 Å². The van der Waals surface area contributed by atoms with Gasteiger partial charge in [0, 0.05) is 44.0 Å². The second kappa shape index (κ2) is 13.9. The molecular weight excluding hydrogens is 713 g/mol. The van der Waals surface area contributed by atoms with Gasteiger partial charge in [-0.15, -0.1) is 0 Å². The van der Waals surface area contributed by atoms with Gasteiger partial charge in [0.1, 0.15) is 0 Å². The van der Waals surface area contributed by atoms with Gasteiger partial charge in [-0.2, -0.15) is 0 Å². The fourth-order valence-corrected chi connectivity index (χ4v) is 19.4. The van der Waals surface area contributed by atoms with Gasteiger partial charge < -0.3 is 18.2 Å². The minimum absolute atomic E-state index is 0.864. The molecule has 270 valence electrons. The molecule has 3 aromatic carbocycles. The van der Waals surface area contributed by atoms with Crippen molar-refractivity contribution in [1.29, 1.82) is 0 Å². The molecule has 0 amide bonds. The molecule has 6 nitrogen and oxygen atoms in total. The third-order valence-corrected chi connectivity index (χ3v) is 18.8. The number of hydrogen-bond acceptors (Lipinski definition) is 4. The zero-order valence-corrected chi connectivity index (χ0v) is 35.0. The van der Waals surface area contributed by atoms with Crippen LogP contribution in [0.2, 0.25) is 45.8 Å². The molecule has 0 radical (unpaired) electrons. The van der Waals surface area contributed by atoms with Crippen LogP contribution in [0, 0.1) is 0 Å². The van der Waals surface area contributed by atoms with Gasteiger partial charge >= 0.3 is 8.56 Å². The van der Waals surface area contributed by atoms with Crippen LogP contribution in [0.1, 0.15) is 22.8 Å². The number of nitrogens with zero attached hydrogens (tertiary/aromatic N) is 2. The Kier molecular flexibility index (Phi) is 9.23. The summed E-state index contributed by atoms with van der Waals surface area (Å²) in [6.07, 6.45) is 6.52. The number of aromatic nitrogens is 4. The Morgan fingerprint density at radius 2 is 0.889 bits per heavy atom. The Bertz CT molecular complexity index is 2570. The number of benzene rings is 3. The lowest BCUT2D eigenvalue weighted by Gasteiger charge is -2.39. The smallest absolute Gasteiger partial charge is 0.351 e. The molecule has 0 spiro atoms. The van der Waals surface area contributed by atoms with Gasteiger partial charge in [0.05, 0.1) is 22.8 Å². The van der Waals surface area contributed by atoms with Crippen molar-refractivity contribution in [3.8, 4) is 33.4 Å². The first kappa shape index (κ1) is 35.8. The van der Waals surface area contributed by atoms with E-state index in [4.69, 9.17) is 18.2 Å². The summed E-state index contributed by atoms with van der Waals surface area (Å²) in [5.74, 6) is 0. The third-order valence-electron chi connectivity index (χ3n) is 9.38. The van der Waals surface area contributed by atoms with Crippen molar-refractivity contribution >= 4 is 70.7 Å². The minimum atomic E-state index is -3.00. The van der Waals surface area contributed by atoms with Crippen LogP contribution >= 0.6 is 0 Å². The van der Waals surface area contributed by atoms with Crippen LogP contribution in [0.4, 0.5) is 0 Å². The normalized spacial score (nSPS) is 13.3. The summed E-state index contributed by atoms with van der Waals surface area (Å²) in [5, 5.41) is 1.05. The molecule has 2 aliphatic rings. The van der Waals surface area contributed by atoms with E-state index in [9.17, 15) is 0 Å². The van der Waals surface area contributed by atoms with Crippen molar-refractivity contribution in [2.45, 2.75) is 45.8 Å². The van der Waals surface area contributed by atoms with Crippen molar-refractivity contribution < 1.29 is 8.23 Å². The van der Waals surface area contributed by atoms with Gasteiger partial charge in [0.15, 0.2) is 16.6 Å². The summed E-state index contributed by atoms with van der Waals surface area (Å²) in [5.41, 5.74) is 13.7. The van der Waals surface area contributed by atoms with Crippen LogP contribution in [0.15, 0.2) is 121 Å². The Morgan fingerprint density at radius 3 is 1.35 bits per heavy atom. The summed E-state index contributed by atoms with van der Waals surface area (Å²) < 4.78 is 14.4. The van der Waals surface area contributed by atoms with E-state index in [-0.39, 0.29) is 0 Å². The lowest BCUT2D eigenvalue weighted by atomic mass is 10.0. The molecule has 9 heteroatoms. The molecular formula is C45H46N4O2Si3. The number of H-pyrrole nitrogens is 2. The number of fused-ring (bicyclic) bond motifs is 8. The van der Waals surface area contributed by atoms with Gasteiger partial charge in [-0.05, 0) is 111 Å². The highest BCUT2D eigenvalue weighted by atomic mass is 28.5. The van der Waals surface area contributed by atoms with Gasteiger partial charge in [0.2, 0.25) is 0 Å². The summed E-state index contributed by atoms with van der Waals surface area (Å²) in [4.78, 5) is 18.5. The summed E-state index contributed by atoms with van der Waals surface area (Å²) in [6, 6.07) is 42.4. The average Bonchev–Trinajstić information content (AvgIpc) is 3.95. The predicted molar refractivity (Wildman–Crippen MR) is 235 cm³/mol. The molecule has 0 atom stereocenters. The van der Waals surface area contributed by atoms with Gasteiger partial charge in [0.25, 0.3) is 0 Å². The molecule has 8 rings (SSSR count). The standard InChI is InChI=1S/C45H46N4O2Si3/c1-52(2,3)50-54(7,51-53(4,5)6)42-30-41-45(33-21-15-10-16-22-33)39-28-27-38(48-39)44(32-19-13-9-14-20-32)37-26-25-36(47-37)43(31-17-11-8-12-18-31)35-24-23-34(46-35)29-40(42)49-41/h8-30,46,48H,1-7H3. The van der Waals surface area contributed by atoms with Gasteiger partial charge in [-0.25, -0.2) is 9.97 Å². The number of hydrogen-bond donors (Lipinski definition) is 2. The average molecular weight is 759 g/mol. The van der Waals surface area contributed by atoms with Crippen LogP contribution in [0.25, 0.3) is 78.9 Å². The molecule has 0 aliphatic carbocycles. The van der Waals surface area contributed by atoms with Crippen LogP contribution < -0.4 is 0 Å². The van der Waals surface area contributed by atoms with E-state index in [1.54, 1.807) is 0 Å². The first-order chi connectivity index (χ1) is 25.8. The topological polar surface area (TPSA) is 75.8 Å². The Hall–Kier alpha value is -5.17. The van der Waals surface area contributed by atoms with Gasteiger partial charge in [-0.3, -0.25) is 0 Å². The van der Waals surface area contributed by atoms with Crippen LogP contribution in [-0.4, -0.2) is 45.1 Å². The monoisotopic (exact) mass is 758 g/mol. The first-order valence-corrected chi connectivity index (χ1v) is 27.7. The lowest BCUT2D eigenvalue weighted by Crippen LogP contribution is -2.53. The molecule has 2 N–H and O–H groups in total. The predicted octanol–water partition coefficient (Wildman–Crippen LogP) is 12.3. The molecule has 6 aromatic rings. The lowest BCUT2D eigenvalue weighted by molar-refractivity contribution is 0.406. The maximum absolute atomic E-state index is 7.18. The first-order valence-electron chi connectivity index (χ1n) is 18.6. The zero-order valence-electron chi connectivity index (χ0n) is 32.0. The van der Waals surface area contributed by atoms with Crippen LogP contribution in [0.5, 0.6) is 0 Å². The SMILES string of the molecule is C[Si](C)(C)O[Si](C)(O[Si](C)(C)C)C1=Cc2nc1cc1ccc([nH]1)c(-c1ccccc1)c1nc(c(-c3ccccc3)c3ccc([nH]3)c2-c2ccccc2)C=C1. The van der Waals surface area contributed by atoms with Gasteiger partial charge in [-0.1, -0.05) is 91.0 Å². The maximum Gasteiger partial charge on any atom is 0.351 e. The Morgan fingerprint density at radius 1 is 0.463 bits per heavy atom. The van der Waals surface area contributed by atoms with E-state index in [1.165, 1.54) is 0 Å². The van der Waals surface area contributed by atoms with Crippen LogP contribution in [-0.2, 0) is 8.23 Å². The summed E-state index contributed by atoms with van der Waals surface area (Å²) in [7, 11) is -7.13. The van der Waals surface area contributed by atoms with Crippen molar-refractivity contribution in [3.05, 3.63) is 144 Å². The maximum atomic E-state index is 7.18. The fourth-order valence-electron chi connectivity index (χ4n) is 7.59. The third kappa shape index (κ3) is 7.33.